The lowest BCUT2D eigenvalue weighted by Gasteiger charge is -2.32. The molecule has 0 radical (unpaired) electrons. The van der Waals surface area contributed by atoms with Crippen molar-refractivity contribution >= 4 is 22.9 Å². The van der Waals surface area contributed by atoms with Crippen molar-refractivity contribution in [2.45, 2.75) is 13.0 Å². The molecule has 28 heavy (non-hydrogen) atoms. The van der Waals surface area contributed by atoms with Crippen molar-refractivity contribution in [3.8, 4) is 5.75 Å². The Morgan fingerprint density at radius 1 is 1.36 bits per heavy atom. The number of ether oxygens (including phenoxy) is 2. The highest BCUT2D eigenvalue weighted by Crippen LogP contribution is 2.19. The van der Waals surface area contributed by atoms with Crippen LogP contribution in [0.1, 0.15) is 11.3 Å². The number of benzene rings is 1. The second-order valence-electron chi connectivity index (χ2n) is 6.85. The number of rotatable bonds is 5. The minimum atomic E-state index is -0.152. The van der Waals surface area contributed by atoms with E-state index in [1.54, 1.807) is 17.2 Å². The zero-order valence-corrected chi connectivity index (χ0v) is 15.8. The summed E-state index contributed by atoms with van der Waals surface area (Å²) in [6.45, 7) is 3.92. The van der Waals surface area contributed by atoms with E-state index in [1.807, 2.05) is 55.6 Å². The van der Waals surface area contributed by atoms with Gasteiger partial charge in [0, 0.05) is 35.4 Å². The number of aryl methyl sites for hydroxylation is 1. The summed E-state index contributed by atoms with van der Waals surface area (Å²) >= 11 is 0. The molecule has 6 heteroatoms. The lowest BCUT2D eigenvalue weighted by atomic mass is 10.1. The minimum absolute atomic E-state index is 0.0180. The quantitative estimate of drug-likeness (QED) is 0.694. The van der Waals surface area contributed by atoms with E-state index in [1.165, 1.54) is 0 Å². The zero-order chi connectivity index (χ0) is 19.3. The van der Waals surface area contributed by atoms with Crippen LogP contribution in [0.5, 0.6) is 5.75 Å². The zero-order valence-electron chi connectivity index (χ0n) is 15.8. The monoisotopic (exact) mass is 377 g/mol. The summed E-state index contributed by atoms with van der Waals surface area (Å²) < 4.78 is 11.5. The van der Waals surface area contributed by atoms with E-state index in [2.05, 4.69) is 9.97 Å². The van der Waals surface area contributed by atoms with Crippen LogP contribution >= 0.6 is 0 Å². The van der Waals surface area contributed by atoms with Gasteiger partial charge in [-0.25, -0.2) is 0 Å². The van der Waals surface area contributed by atoms with Gasteiger partial charge in [0.25, 0.3) is 0 Å². The Morgan fingerprint density at radius 3 is 3.11 bits per heavy atom. The molecule has 6 nitrogen and oxygen atoms in total. The predicted molar refractivity (Wildman–Crippen MR) is 108 cm³/mol. The molecule has 1 aliphatic heterocycles. The maximum Gasteiger partial charge on any atom is 0.246 e. The minimum Gasteiger partial charge on any atom is -0.489 e. The molecule has 0 saturated carbocycles. The molecule has 1 amide bonds. The van der Waals surface area contributed by atoms with Crippen molar-refractivity contribution in [2.75, 3.05) is 26.3 Å². The first-order valence-corrected chi connectivity index (χ1v) is 9.39. The molecule has 3 aromatic rings. The van der Waals surface area contributed by atoms with Gasteiger partial charge in [0.15, 0.2) is 0 Å². The van der Waals surface area contributed by atoms with Gasteiger partial charge in [0.05, 0.1) is 19.3 Å². The first-order valence-electron chi connectivity index (χ1n) is 9.39. The molecule has 1 aliphatic rings. The maximum absolute atomic E-state index is 12.6. The van der Waals surface area contributed by atoms with Gasteiger partial charge in [-0.1, -0.05) is 18.2 Å². The number of aromatic nitrogens is 2. The number of hydrogen-bond acceptors (Lipinski definition) is 4. The van der Waals surface area contributed by atoms with Crippen molar-refractivity contribution < 1.29 is 14.3 Å². The molecule has 1 unspecified atom stereocenters. The van der Waals surface area contributed by atoms with Crippen molar-refractivity contribution in [1.29, 1.82) is 0 Å². The number of aromatic amines is 1. The SMILES string of the molecule is Cc1ccc(OCC2CN(C(=O)/C=C/c3c[nH]c4ccccc34)CCO2)cn1. The fourth-order valence-corrected chi connectivity index (χ4v) is 3.25. The van der Waals surface area contributed by atoms with Gasteiger partial charge in [0.2, 0.25) is 5.91 Å². The molecule has 0 spiro atoms. The number of nitrogens with one attached hydrogen (secondary N) is 1. The van der Waals surface area contributed by atoms with Gasteiger partial charge in [-0.05, 0) is 36.8 Å². The highest BCUT2D eigenvalue weighted by molar-refractivity contribution is 5.96. The molecule has 1 N–H and O–H groups in total. The van der Waals surface area contributed by atoms with Gasteiger partial charge in [-0.15, -0.1) is 0 Å². The summed E-state index contributed by atoms with van der Waals surface area (Å²) in [6, 6.07) is 11.8. The Kier molecular flexibility index (Phi) is 5.39. The van der Waals surface area contributed by atoms with E-state index in [-0.39, 0.29) is 12.0 Å². The number of H-pyrrole nitrogens is 1. The van der Waals surface area contributed by atoms with Crippen LogP contribution in [-0.4, -0.2) is 53.2 Å². The van der Waals surface area contributed by atoms with E-state index in [9.17, 15) is 4.79 Å². The molecule has 0 aliphatic carbocycles. The molecule has 4 rings (SSSR count). The predicted octanol–water partition coefficient (Wildman–Crippen LogP) is 3.19. The Hall–Kier alpha value is -3.12. The summed E-state index contributed by atoms with van der Waals surface area (Å²) in [4.78, 5) is 21.8. The number of carbonyl (C=O) groups is 1. The third-order valence-corrected chi connectivity index (χ3v) is 4.80. The first-order chi connectivity index (χ1) is 13.7. The van der Waals surface area contributed by atoms with Crippen LogP contribution < -0.4 is 4.74 Å². The number of carbonyl (C=O) groups excluding carboxylic acids is 1. The average molecular weight is 377 g/mol. The summed E-state index contributed by atoms with van der Waals surface area (Å²) in [5, 5.41) is 1.10. The largest absolute Gasteiger partial charge is 0.489 e. The Balaban J connectivity index is 1.34. The summed E-state index contributed by atoms with van der Waals surface area (Å²) in [6.07, 6.45) is 6.95. The van der Waals surface area contributed by atoms with Crippen LogP contribution in [0.3, 0.4) is 0 Å². The van der Waals surface area contributed by atoms with Gasteiger partial charge in [0.1, 0.15) is 18.5 Å². The van der Waals surface area contributed by atoms with Gasteiger partial charge in [-0.3, -0.25) is 9.78 Å². The molecule has 3 heterocycles. The summed E-state index contributed by atoms with van der Waals surface area (Å²) in [7, 11) is 0. The van der Waals surface area contributed by atoms with Crippen molar-refractivity contribution in [2.24, 2.45) is 0 Å². The number of para-hydroxylation sites is 1. The van der Waals surface area contributed by atoms with E-state index < -0.39 is 0 Å². The van der Waals surface area contributed by atoms with Gasteiger partial charge >= 0.3 is 0 Å². The Labute approximate surface area is 163 Å². The van der Waals surface area contributed by atoms with Crippen LogP contribution in [0, 0.1) is 6.92 Å². The number of amides is 1. The highest BCUT2D eigenvalue weighted by atomic mass is 16.5. The second-order valence-corrected chi connectivity index (χ2v) is 6.85. The number of pyridine rings is 1. The molecule has 2 aromatic heterocycles. The van der Waals surface area contributed by atoms with E-state index in [4.69, 9.17) is 9.47 Å². The van der Waals surface area contributed by atoms with Crippen LogP contribution in [0.15, 0.2) is 54.9 Å². The van der Waals surface area contributed by atoms with Crippen molar-refractivity contribution in [3.63, 3.8) is 0 Å². The molecule has 1 fully saturated rings. The first kappa shape index (κ1) is 18.3. The fraction of sp³-hybridized carbons (Fsp3) is 0.273. The normalized spacial score (nSPS) is 17.3. The molecular weight excluding hydrogens is 354 g/mol. The molecule has 1 atom stereocenters. The van der Waals surface area contributed by atoms with Gasteiger partial charge in [-0.2, -0.15) is 0 Å². The van der Waals surface area contributed by atoms with Crippen LogP contribution in [0.25, 0.3) is 17.0 Å². The summed E-state index contributed by atoms with van der Waals surface area (Å²) in [5.41, 5.74) is 3.01. The molecule has 0 bridgehead atoms. The Morgan fingerprint density at radius 2 is 2.25 bits per heavy atom. The smallest absolute Gasteiger partial charge is 0.246 e. The van der Waals surface area contributed by atoms with E-state index >= 15 is 0 Å². The van der Waals surface area contributed by atoms with Gasteiger partial charge < -0.3 is 19.4 Å². The average Bonchev–Trinajstić information content (AvgIpc) is 3.15. The number of morpholine rings is 1. The standard InChI is InChI=1S/C22H23N3O3/c1-16-6-8-18(13-23-16)28-15-19-14-25(10-11-27-19)22(26)9-7-17-12-24-21-5-3-2-4-20(17)21/h2-9,12-13,19,24H,10-11,14-15H2,1H3/b9-7+. The number of nitrogens with zero attached hydrogens (tertiary/aromatic N) is 2. The molecular formula is C22H23N3O3. The topological polar surface area (TPSA) is 67.5 Å². The third kappa shape index (κ3) is 4.23. The number of hydrogen-bond donors (Lipinski definition) is 1. The molecule has 144 valence electrons. The van der Waals surface area contributed by atoms with E-state index in [0.29, 0.717) is 32.1 Å². The maximum atomic E-state index is 12.6. The summed E-state index contributed by atoms with van der Waals surface area (Å²) in [5.74, 6) is 0.687. The van der Waals surface area contributed by atoms with Crippen molar-refractivity contribution in [1.82, 2.24) is 14.9 Å². The lowest BCUT2D eigenvalue weighted by molar-refractivity contribution is -0.134. The van der Waals surface area contributed by atoms with Crippen LogP contribution in [0.2, 0.25) is 0 Å². The van der Waals surface area contributed by atoms with Crippen LogP contribution in [-0.2, 0) is 9.53 Å². The molecule has 1 saturated heterocycles. The van der Waals surface area contributed by atoms with E-state index in [0.717, 1.165) is 22.2 Å². The fourth-order valence-electron chi connectivity index (χ4n) is 3.25. The third-order valence-electron chi connectivity index (χ3n) is 4.80. The van der Waals surface area contributed by atoms with Crippen molar-refractivity contribution in [3.05, 3.63) is 66.1 Å². The second kappa shape index (κ2) is 8.27. The number of fused-ring (bicyclic) bond motifs is 1. The highest BCUT2D eigenvalue weighted by Gasteiger charge is 2.23. The lowest BCUT2D eigenvalue weighted by Crippen LogP contribution is -2.47. The Bertz CT molecular complexity index is 978. The molecule has 1 aromatic carbocycles. The van der Waals surface area contributed by atoms with Crippen LogP contribution in [0.4, 0.5) is 0 Å².